The normalized spacial score (nSPS) is 15.0. The van der Waals surface area contributed by atoms with E-state index in [0.717, 1.165) is 24.6 Å². The lowest BCUT2D eigenvalue weighted by molar-refractivity contribution is 0.0988. The van der Waals surface area contributed by atoms with Crippen molar-refractivity contribution in [2.45, 2.75) is 25.7 Å². The molecule has 1 aromatic carbocycles. The maximum atomic E-state index is 12.7. The van der Waals surface area contributed by atoms with Crippen LogP contribution in [0.2, 0.25) is 0 Å². The van der Waals surface area contributed by atoms with Gasteiger partial charge in [0.1, 0.15) is 17.3 Å². The maximum absolute atomic E-state index is 12.7. The number of benzene rings is 1. The summed E-state index contributed by atoms with van der Waals surface area (Å²) in [6.07, 6.45) is 4.87. The Morgan fingerprint density at radius 2 is 1.71 bits per heavy atom. The molecule has 3 rings (SSSR count). The summed E-state index contributed by atoms with van der Waals surface area (Å²) in [5.74, 6) is 0.903. The molecule has 5 heteroatoms. The third-order valence-electron chi connectivity index (χ3n) is 4.43. The van der Waals surface area contributed by atoms with Crippen LogP contribution in [0.15, 0.2) is 42.5 Å². The van der Waals surface area contributed by atoms with Gasteiger partial charge in [-0.3, -0.25) is 4.79 Å². The summed E-state index contributed by atoms with van der Waals surface area (Å²) >= 11 is 0. The van der Waals surface area contributed by atoms with Crippen LogP contribution in [0.5, 0.6) is 5.75 Å². The number of pyridine rings is 1. The summed E-state index contributed by atoms with van der Waals surface area (Å²) in [5, 5.41) is 9.38. The first-order valence-corrected chi connectivity index (χ1v) is 8.44. The first kappa shape index (κ1) is 16.3. The molecule has 1 amide bonds. The van der Waals surface area contributed by atoms with Crippen LogP contribution in [0, 0.1) is 0 Å². The van der Waals surface area contributed by atoms with Gasteiger partial charge in [0.25, 0.3) is 5.91 Å². The average Bonchev–Trinajstić information content (AvgIpc) is 2.91. The molecule has 5 nitrogen and oxygen atoms in total. The number of anilines is 2. The van der Waals surface area contributed by atoms with Gasteiger partial charge < -0.3 is 14.9 Å². The van der Waals surface area contributed by atoms with Crippen LogP contribution in [0.1, 0.15) is 36.2 Å². The zero-order valence-electron chi connectivity index (χ0n) is 14.0. The minimum absolute atomic E-state index is 0.155. The fraction of sp³-hybridized carbons (Fsp3) is 0.368. The van der Waals surface area contributed by atoms with Gasteiger partial charge in [-0.2, -0.15) is 0 Å². The first-order valence-electron chi connectivity index (χ1n) is 8.44. The predicted molar refractivity (Wildman–Crippen MR) is 95.8 cm³/mol. The third kappa shape index (κ3) is 3.67. The van der Waals surface area contributed by atoms with Crippen LogP contribution in [0.4, 0.5) is 11.5 Å². The van der Waals surface area contributed by atoms with Crippen LogP contribution in [0.3, 0.4) is 0 Å². The number of carbonyl (C=O) groups is 1. The molecule has 1 aliphatic heterocycles. The van der Waals surface area contributed by atoms with Crippen molar-refractivity contribution in [1.29, 1.82) is 0 Å². The third-order valence-corrected chi connectivity index (χ3v) is 4.43. The number of aromatic nitrogens is 1. The van der Waals surface area contributed by atoms with E-state index < -0.39 is 0 Å². The maximum Gasteiger partial charge on any atom is 0.276 e. The predicted octanol–water partition coefficient (Wildman–Crippen LogP) is 3.44. The van der Waals surface area contributed by atoms with Crippen molar-refractivity contribution in [3.63, 3.8) is 0 Å². The molecule has 0 radical (unpaired) electrons. The number of hydrogen-bond acceptors (Lipinski definition) is 4. The first-order chi connectivity index (χ1) is 11.6. The van der Waals surface area contributed by atoms with E-state index in [-0.39, 0.29) is 11.7 Å². The highest BCUT2D eigenvalue weighted by molar-refractivity contribution is 6.04. The van der Waals surface area contributed by atoms with Gasteiger partial charge in [0.2, 0.25) is 0 Å². The molecule has 1 N–H and O–H groups in total. The molecule has 24 heavy (non-hydrogen) atoms. The summed E-state index contributed by atoms with van der Waals surface area (Å²) in [4.78, 5) is 21.1. The molecule has 0 bridgehead atoms. The van der Waals surface area contributed by atoms with Gasteiger partial charge >= 0.3 is 0 Å². The summed E-state index contributed by atoms with van der Waals surface area (Å²) < 4.78 is 0. The number of phenolic OH excluding ortho intramolecular Hbond substituents is 1. The number of aromatic hydroxyl groups is 1. The van der Waals surface area contributed by atoms with E-state index >= 15 is 0 Å². The highest BCUT2D eigenvalue weighted by atomic mass is 16.3. The highest BCUT2D eigenvalue weighted by Gasteiger charge is 2.17. The van der Waals surface area contributed by atoms with Crippen LogP contribution >= 0.6 is 0 Å². The summed E-state index contributed by atoms with van der Waals surface area (Å²) in [6.45, 7) is 2.00. The number of nitrogens with zero attached hydrogens (tertiary/aromatic N) is 3. The summed E-state index contributed by atoms with van der Waals surface area (Å²) in [6, 6.07) is 12.2. The Labute approximate surface area is 142 Å². The van der Waals surface area contributed by atoms with E-state index in [1.165, 1.54) is 25.7 Å². The topological polar surface area (TPSA) is 56.7 Å². The van der Waals surface area contributed by atoms with Gasteiger partial charge in [0, 0.05) is 25.8 Å². The zero-order chi connectivity index (χ0) is 16.9. The van der Waals surface area contributed by atoms with Gasteiger partial charge in [-0.15, -0.1) is 0 Å². The van der Waals surface area contributed by atoms with Crippen molar-refractivity contribution in [3.8, 4) is 5.75 Å². The van der Waals surface area contributed by atoms with Crippen LogP contribution in [0.25, 0.3) is 0 Å². The summed E-state index contributed by atoms with van der Waals surface area (Å²) in [5.41, 5.74) is 1.16. The minimum Gasteiger partial charge on any atom is -0.508 e. The van der Waals surface area contributed by atoms with Crippen LogP contribution in [-0.2, 0) is 0 Å². The van der Waals surface area contributed by atoms with Crippen molar-refractivity contribution in [1.82, 2.24) is 4.98 Å². The Bertz CT molecular complexity index is 692. The smallest absolute Gasteiger partial charge is 0.276 e. The van der Waals surface area contributed by atoms with Crippen molar-refractivity contribution in [3.05, 3.63) is 48.2 Å². The molecule has 0 spiro atoms. The van der Waals surface area contributed by atoms with Gasteiger partial charge in [0.05, 0.1) is 0 Å². The van der Waals surface area contributed by atoms with E-state index in [0.29, 0.717) is 5.69 Å². The Morgan fingerprint density at radius 1 is 1.04 bits per heavy atom. The number of carbonyl (C=O) groups excluding carboxylic acids is 1. The fourth-order valence-electron chi connectivity index (χ4n) is 2.98. The SMILES string of the molecule is CN(C(=O)c1cccc(N2CCCCCC2)n1)c1ccc(O)cc1. The molecule has 1 aromatic heterocycles. The van der Waals surface area contributed by atoms with Gasteiger partial charge in [-0.1, -0.05) is 18.9 Å². The van der Waals surface area contributed by atoms with Gasteiger partial charge in [0.15, 0.2) is 0 Å². The number of rotatable bonds is 3. The van der Waals surface area contributed by atoms with E-state index in [2.05, 4.69) is 9.88 Å². The molecule has 0 saturated carbocycles. The molecule has 126 valence electrons. The Kier molecular flexibility index (Phi) is 4.99. The molecule has 1 aliphatic rings. The summed E-state index contributed by atoms with van der Waals surface area (Å²) in [7, 11) is 1.72. The lowest BCUT2D eigenvalue weighted by Gasteiger charge is -2.22. The second-order valence-electron chi connectivity index (χ2n) is 6.16. The van der Waals surface area contributed by atoms with Crippen molar-refractivity contribution >= 4 is 17.4 Å². The Hall–Kier alpha value is -2.56. The lowest BCUT2D eigenvalue weighted by Crippen LogP contribution is -2.29. The van der Waals surface area contributed by atoms with Crippen molar-refractivity contribution in [2.24, 2.45) is 0 Å². The van der Waals surface area contributed by atoms with E-state index in [1.54, 1.807) is 42.3 Å². The second-order valence-corrected chi connectivity index (χ2v) is 6.16. The second kappa shape index (κ2) is 7.34. The van der Waals surface area contributed by atoms with E-state index in [1.807, 2.05) is 12.1 Å². The average molecular weight is 325 g/mol. The lowest BCUT2D eigenvalue weighted by atomic mass is 10.2. The quantitative estimate of drug-likeness (QED) is 0.939. The monoisotopic (exact) mass is 325 g/mol. The van der Waals surface area contributed by atoms with Gasteiger partial charge in [-0.25, -0.2) is 4.98 Å². The molecule has 1 fully saturated rings. The molecule has 0 atom stereocenters. The molecular formula is C19H23N3O2. The number of phenols is 1. The Balaban J connectivity index is 1.79. The number of hydrogen-bond donors (Lipinski definition) is 1. The van der Waals surface area contributed by atoms with Crippen molar-refractivity contribution in [2.75, 3.05) is 29.9 Å². The molecule has 2 aromatic rings. The van der Waals surface area contributed by atoms with Crippen LogP contribution in [-0.4, -0.2) is 36.1 Å². The standard InChI is InChI=1S/C19H23N3O2/c1-21(15-9-11-16(23)12-10-15)19(24)17-7-6-8-18(20-17)22-13-4-2-3-5-14-22/h6-12,23H,2-5,13-14H2,1H3. The Morgan fingerprint density at radius 3 is 2.38 bits per heavy atom. The van der Waals surface area contributed by atoms with E-state index in [4.69, 9.17) is 0 Å². The zero-order valence-corrected chi connectivity index (χ0v) is 14.0. The van der Waals surface area contributed by atoms with Gasteiger partial charge in [-0.05, 0) is 49.2 Å². The largest absolute Gasteiger partial charge is 0.508 e. The molecule has 0 aliphatic carbocycles. The highest BCUT2D eigenvalue weighted by Crippen LogP contribution is 2.21. The van der Waals surface area contributed by atoms with E-state index in [9.17, 15) is 9.90 Å². The minimum atomic E-state index is -0.155. The fourth-order valence-corrected chi connectivity index (χ4v) is 2.98. The molecule has 1 saturated heterocycles. The van der Waals surface area contributed by atoms with Crippen LogP contribution < -0.4 is 9.80 Å². The molecule has 0 unspecified atom stereocenters. The molecular weight excluding hydrogens is 302 g/mol. The number of amides is 1. The molecule has 2 heterocycles. The van der Waals surface area contributed by atoms with Crippen molar-refractivity contribution < 1.29 is 9.90 Å².